The van der Waals surface area contributed by atoms with Crippen molar-refractivity contribution >= 4 is 23.2 Å². The Hall–Kier alpha value is -2.38. The number of hydrogen-bond donors (Lipinski definition) is 2. The predicted molar refractivity (Wildman–Crippen MR) is 102 cm³/mol. The zero-order valence-electron chi connectivity index (χ0n) is 14.7. The van der Waals surface area contributed by atoms with Crippen LogP contribution in [0.2, 0.25) is 0 Å². The van der Waals surface area contributed by atoms with Gasteiger partial charge in [-0.1, -0.05) is 24.3 Å². The van der Waals surface area contributed by atoms with Gasteiger partial charge in [-0.15, -0.1) is 11.3 Å². The van der Waals surface area contributed by atoms with Crippen LogP contribution in [-0.2, 0) is 4.79 Å². The Bertz CT molecular complexity index is 748. The van der Waals surface area contributed by atoms with Gasteiger partial charge in [0.1, 0.15) is 5.75 Å². The highest BCUT2D eigenvalue weighted by atomic mass is 32.1. The lowest BCUT2D eigenvalue weighted by molar-refractivity contribution is -0.134. The van der Waals surface area contributed by atoms with E-state index >= 15 is 0 Å². The van der Waals surface area contributed by atoms with Crippen LogP contribution in [0.15, 0.2) is 41.8 Å². The van der Waals surface area contributed by atoms with Gasteiger partial charge in [-0.2, -0.15) is 0 Å². The Morgan fingerprint density at radius 1 is 1.31 bits per heavy atom. The Morgan fingerprint density at radius 3 is 2.92 bits per heavy atom. The van der Waals surface area contributed by atoms with Gasteiger partial charge in [-0.05, 0) is 17.5 Å². The maximum absolute atomic E-state index is 12.8. The average Bonchev–Trinajstić information content (AvgIpc) is 3.22. The van der Waals surface area contributed by atoms with Gasteiger partial charge in [-0.25, -0.2) is 0 Å². The number of para-hydroxylation sites is 1. The number of nitrogens with zero attached hydrogens (tertiary/aromatic N) is 1. The van der Waals surface area contributed by atoms with Crippen molar-refractivity contribution < 1.29 is 14.3 Å². The number of benzene rings is 1. The monoisotopic (exact) mass is 373 g/mol. The van der Waals surface area contributed by atoms with E-state index in [1.165, 1.54) is 11.3 Å². The van der Waals surface area contributed by atoms with Crippen molar-refractivity contribution in [3.63, 3.8) is 0 Å². The van der Waals surface area contributed by atoms with Gasteiger partial charge >= 0.3 is 0 Å². The molecule has 2 N–H and O–H groups in total. The van der Waals surface area contributed by atoms with E-state index in [9.17, 15) is 9.59 Å². The molecule has 0 aliphatic carbocycles. The molecule has 138 valence electrons. The van der Waals surface area contributed by atoms with Crippen LogP contribution in [0.1, 0.15) is 27.7 Å². The number of piperazine rings is 1. The molecule has 0 bridgehead atoms. The average molecular weight is 373 g/mol. The van der Waals surface area contributed by atoms with Crippen LogP contribution in [0.25, 0.3) is 0 Å². The molecule has 1 atom stereocenters. The fraction of sp³-hybridized carbons (Fsp3) is 0.368. The SMILES string of the molecule is COc1ccccc1C1CNCCN1C(=O)CCNC(=O)c1cccs1. The van der Waals surface area contributed by atoms with Crippen molar-refractivity contribution in [3.8, 4) is 5.75 Å². The normalized spacial score (nSPS) is 17.0. The summed E-state index contributed by atoms with van der Waals surface area (Å²) in [5, 5.41) is 8.02. The molecule has 0 saturated carbocycles. The molecule has 7 heteroatoms. The Labute approximate surface area is 157 Å². The lowest BCUT2D eigenvalue weighted by Crippen LogP contribution is -2.49. The number of rotatable bonds is 6. The molecular formula is C19H23N3O3S. The molecule has 1 fully saturated rings. The standard InChI is InChI=1S/C19H23N3O3S/c1-25-16-6-3-2-5-14(16)15-13-20-10-11-22(15)18(23)8-9-21-19(24)17-7-4-12-26-17/h2-7,12,15,20H,8-11,13H2,1H3,(H,21,24). The second kappa shape index (κ2) is 8.82. The quantitative estimate of drug-likeness (QED) is 0.813. The molecule has 1 aromatic heterocycles. The van der Waals surface area contributed by atoms with Crippen LogP contribution in [0.3, 0.4) is 0 Å². The topological polar surface area (TPSA) is 70.7 Å². The molecule has 2 amide bonds. The molecule has 1 unspecified atom stereocenters. The summed E-state index contributed by atoms with van der Waals surface area (Å²) in [5.41, 5.74) is 0.998. The van der Waals surface area contributed by atoms with E-state index < -0.39 is 0 Å². The number of ether oxygens (including phenoxy) is 1. The summed E-state index contributed by atoms with van der Waals surface area (Å²) in [6, 6.07) is 11.3. The van der Waals surface area contributed by atoms with E-state index in [1.54, 1.807) is 13.2 Å². The summed E-state index contributed by atoms with van der Waals surface area (Å²) < 4.78 is 5.46. The highest BCUT2D eigenvalue weighted by molar-refractivity contribution is 7.12. The van der Waals surface area contributed by atoms with Crippen molar-refractivity contribution in [3.05, 3.63) is 52.2 Å². The number of nitrogens with one attached hydrogen (secondary N) is 2. The minimum atomic E-state index is -0.130. The number of carbonyl (C=O) groups excluding carboxylic acids is 2. The van der Waals surface area contributed by atoms with Crippen molar-refractivity contribution in [1.29, 1.82) is 0 Å². The smallest absolute Gasteiger partial charge is 0.261 e. The first-order valence-corrected chi connectivity index (χ1v) is 9.53. The van der Waals surface area contributed by atoms with E-state index in [0.717, 1.165) is 17.9 Å². The summed E-state index contributed by atoms with van der Waals surface area (Å²) in [7, 11) is 1.64. The van der Waals surface area contributed by atoms with Crippen LogP contribution < -0.4 is 15.4 Å². The molecule has 1 aromatic carbocycles. The van der Waals surface area contributed by atoms with Crippen LogP contribution in [0.5, 0.6) is 5.75 Å². The van der Waals surface area contributed by atoms with Crippen LogP contribution in [0.4, 0.5) is 0 Å². The molecule has 0 radical (unpaired) electrons. The maximum atomic E-state index is 12.8. The number of thiophene rings is 1. The van der Waals surface area contributed by atoms with Gasteiger partial charge in [0.05, 0.1) is 18.0 Å². The van der Waals surface area contributed by atoms with Crippen LogP contribution in [-0.4, -0.2) is 50.0 Å². The summed E-state index contributed by atoms with van der Waals surface area (Å²) >= 11 is 1.39. The van der Waals surface area contributed by atoms with E-state index in [2.05, 4.69) is 10.6 Å². The highest BCUT2D eigenvalue weighted by Crippen LogP contribution is 2.30. The molecule has 1 aliphatic heterocycles. The molecule has 0 spiro atoms. The van der Waals surface area contributed by atoms with E-state index in [-0.39, 0.29) is 24.3 Å². The maximum Gasteiger partial charge on any atom is 0.261 e. The summed E-state index contributed by atoms with van der Waals surface area (Å²) in [6.45, 7) is 2.42. The largest absolute Gasteiger partial charge is 0.496 e. The Kier molecular flexibility index (Phi) is 6.25. The Morgan fingerprint density at radius 2 is 2.15 bits per heavy atom. The first-order chi connectivity index (χ1) is 12.7. The third kappa shape index (κ3) is 4.23. The fourth-order valence-corrected chi connectivity index (χ4v) is 3.78. The molecule has 26 heavy (non-hydrogen) atoms. The molecule has 3 rings (SSSR count). The molecule has 1 aliphatic rings. The van der Waals surface area contributed by atoms with Crippen molar-refractivity contribution in [2.24, 2.45) is 0 Å². The highest BCUT2D eigenvalue weighted by Gasteiger charge is 2.29. The van der Waals surface area contributed by atoms with E-state index in [0.29, 0.717) is 24.5 Å². The predicted octanol–water partition coefficient (Wildman–Crippen LogP) is 2.05. The second-order valence-electron chi connectivity index (χ2n) is 6.03. The van der Waals surface area contributed by atoms with Gasteiger partial charge < -0.3 is 20.3 Å². The summed E-state index contributed by atoms with van der Waals surface area (Å²) in [5.74, 6) is 0.688. The zero-order chi connectivity index (χ0) is 18.4. The van der Waals surface area contributed by atoms with E-state index in [4.69, 9.17) is 4.74 Å². The zero-order valence-corrected chi connectivity index (χ0v) is 15.6. The molecular weight excluding hydrogens is 350 g/mol. The molecule has 2 heterocycles. The number of amides is 2. The number of carbonyl (C=O) groups is 2. The third-order valence-electron chi connectivity index (χ3n) is 4.43. The van der Waals surface area contributed by atoms with Gasteiger partial charge in [-0.3, -0.25) is 9.59 Å². The van der Waals surface area contributed by atoms with Crippen molar-refractivity contribution in [2.45, 2.75) is 12.5 Å². The second-order valence-corrected chi connectivity index (χ2v) is 6.98. The third-order valence-corrected chi connectivity index (χ3v) is 5.30. The first kappa shape index (κ1) is 18.4. The number of methoxy groups -OCH3 is 1. The van der Waals surface area contributed by atoms with Crippen LogP contribution in [0, 0.1) is 0 Å². The van der Waals surface area contributed by atoms with Crippen molar-refractivity contribution in [2.75, 3.05) is 33.3 Å². The Balaban J connectivity index is 1.62. The lowest BCUT2D eigenvalue weighted by Gasteiger charge is -2.37. The first-order valence-electron chi connectivity index (χ1n) is 8.65. The number of hydrogen-bond acceptors (Lipinski definition) is 5. The lowest BCUT2D eigenvalue weighted by atomic mass is 10.0. The van der Waals surface area contributed by atoms with Gasteiger partial charge in [0.25, 0.3) is 5.91 Å². The minimum absolute atomic E-state index is 0.0360. The van der Waals surface area contributed by atoms with Gasteiger partial charge in [0, 0.05) is 38.2 Å². The molecule has 2 aromatic rings. The summed E-state index contributed by atoms with van der Waals surface area (Å²) in [4.78, 5) is 27.3. The van der Waals surface area contributed by atoms with Gasteiger partial charge in [0.2, 0.25) is 5.91 Å². The fourth-order valence-electron chi connectivity index (χ4n) is 3.14. The van der Waals surface area contributed by atoms with Crippen molar-refractivity contribution in [1.82, 2.24) is 15.5 Å². The molecule has 1 saturated heterocycles. The minimum Gasteiger partial charge on any atom is -0.496 e. The van der Waals surface area contributed by atoms with E-state index in [1.807, 2.05) is 40.6 Å². The van der Waals surface area contributed by atoms with Gasteiger partial charge in [0.15, 0.2) is 0 Å². The summed E-state index contributed by atoms with van der Waals surface area (Å²) in [6.07, 6.45) is 0.281. The molecule has 6 nitrogen and oxygen atoms in total. The van der Waals surface area contributed by atoms with Crippen LogP contribution >= 0.6 is 11.3 Å².